The molecule has 0 fully saturated rings. The first-order valence-electron chi connectivity index (χ1n) is 7.20. The van der Waals surface area contributed by atoms with Gasteiger partial charge in [-0.05, 0) is 25.8 Å². The first kappa shape index (κ1) is 16.9. The number of hydrogen-bond donors (Lipinski definition) is 0. The summed E-state index contributed by atoms with van der Waals surface area (Å²) in [5.74, 6) is 0. The van der Waals surface area contributed by atoms with Crippen LogP contribution in [0, 0.1) is 0 Å². The van der Waals surface area contributed by atoms with E-state index in [9.17, 15) is 0 Å². The molecule has 0 radical (unpaired) electrons. The van der Waals surface area contributed by atoms with Gasteiger partial charge in [0.05, 0.1) is 19.8 Å². The summed E-state index contributed by atoms with van der Waals surface area (Å²) in [6.45, 7) is 10.7. The zero-order valence-electron chi connectivity index (χ0n) is 12.6. The fourth-order valence-electron chi connectivity index (χ4n) is 1.95. The van der Waals surface area contributed by atoms with E-state index >= 15 is 0 Å². The van der Waals surface area contributed by atoms with Gasteiger partial charge in [0.2, 0.25) is 0 Å². The van der Waals surface area contributed by atoms with E-state index in [1.165, 1.54) is 0 Å². The Kier molecular flexibility index (Phi) is 8.19. The molecule has 1 aromatic carbocycles. The highest BCUT2D eigenvalue weighted by Crippen LogP contribution is 2.21. The Bertz CT molecular complexity index is 354. The fourth-order valence-corrected chi connectivity index (χ4v) is 1.95. The second-order valence-electron chi connectivity index (χ2n) is 4.72. The Morgan fingerprint density at radius 2 is 1.65 bits per heavy atom. The lowest BCUT2D eigenvalue weighted by atomic mass is 10.0. The minimum absolute atomic E-state index is 0.455. The monoisotopic (exact) mass is 278 g/mol. The lowest BCUT2D eigenvalue weighted by Crippen LogP contribution is -2.42. The molecule has 112 valence electrons. The van der Waals surface area contributed by atoms with E-state index < -0.39 is 5.60 Å². The van der Waals surface area contributed by atoms with Crippen molar-refractivity contribution in [3.63, 3.8) is 0 Å². The van der Waals surface area contributed by atoms with E-state index in [1.807, 2.05) is 38.1 Å². The molecule has 0 aromatic heterocycles. The second-order valence-corrected chi connectivity index (χ2v) is 4.72. The molecule has 0 aliphatic rings. The van der Waals surface area contributed by atoms with Gasteiger partial charge in [-0.25, -0.2) is 0 Å². The van der Waals surface area contributed by atoms with E-state index in [-0.39, 0.29) is 0 Å². The van der Waals surface area contributed by atoms with Crippen LogP contribution in [0.1, 0.15) is 25.8 Å². The van der Waals surface area contributed by atoms with Crippen LogP contribution in [0.25, 0.3) is 0 Å². The number of ether oxygens (including phenoxy) is 3. The van der Waals surface area contributed by atoms with E-state index in [0.717, 1.165) is 5.56 Å². The maximum absolute atomic E-state index is 6.14. The van der Waals surface area contributed by atoms with Crippen LogP contribution in [0.15, 0.2) is 43.0 Å². The Hall–Kier alpha value is -1.16. The molecule has 0 aliphatic carbocycles. The first-order valence-corrected chi connectivity index (χ1v) is 7.20. The van der Waals surface area contributed by atoms with Crippen molar-refractivity contribution >= 4 is 0 Å². The van der Waals surface area contributed by atoms with E-state index in [4.69, 9.17) is 14.2 Å². The highest BCUT2D eigenvalue weighted by molar-refractivity contribution is 5.13. The quantitative estimate of drug-likeness (QED) is 0.579. The molecule has 0 saturated heterocycles. The summed E-state index contributed by atoms with van der Waals surface area (Å²) < 4.78 is 17.3. The topological polar surface area (TPSA) is 27.7 Å². The van der Waals surface area contributed by atoms with Crippen LogP contribution < -0.4 is 0 Å². The SMILES string of the molecule is C=CCC(COCC)(COCC)OCc1ccccc1. The first-order chi connectivity index (χ1) is 9.76. The zero-order chi connectivity index (χ0) is 14.7. The van der Waals surface area contributed by atoms with Crippen LogP contribution in [-0.2, 0) is 20.8 Å². The fraction of sp³-hybridized carbons (Fsp3) is 0.529. The summed E-state index contributed by atoms with van der Waals surface area (Å²) in [7, 11) is 0. The molecule has 1 aromatic rings. The average molecular weight is 278 g/mol. The number of rotatable bonds is 11. The van der Waals surface area contributed by atoms with Gasteiger partial charge in [0, 0.05) is 13.2 Å². The standard InChI is InChI=1S/C17H26O3/c1-4-12-17(14-18-5-2,15-19-6-3)20-13-16-10-8-7-9-11-16/h4,7-11H,1,5-6,12-15H2,2-3H3. The minimum Gasteiger partial charge on any atom is -0.379 e. The Morgan fingerprint density at radius 1 is 1.05 bits per heavy atom. The van der Waals surface area contributed by atoms with Crippen LogP contribution in [0.5, 0.6) is 0 Å². The third-order valence-electron chi connectivity index (χ3n) is 3.04. The summed E-state index contributed by atoms with van der Waals surface area (Å²) in [6.07, 6.45) is 2.57. The van der Waals surface area contributed by atoms with Crippen LogP contribution in [0.3, 0.4) is 0 Å². The van der Waals surface area contributed by atoms with Crippen LogP contribution in [0.4, 0.5) is 0 Å². The lowest BCUT2D eigenvalue weighted by Gasteiger charge is -2.32. The molecule has 0 aliphatic heterocycles. The van der Waals surface area contributed by atoms with Crippen LogP contribution >= 0.6 is 0 Å². The molecule has 0 spiro atoms. The van der Waals surface area contributed by atoms with E-state index in [1.54, 1.807) is 0 Å². The summed E-state index contributed by atoms with van der Waals surface area (Å²) >= 11 is 0. The smallest absolute Gasteiger partial charge is 0.118 e. The lowest BCUT2D eigenvalue weighted by molar-refractivity contribution is -0.139. The molecule has 3 heteroatoms. The van der Waals surface area contributed by atoms with Gasteiger partial charge in [-0.15, -0.1) is 6.58 Å². The molecular weight excluding hydrogens is 252 g/mol. The van der Waals surface area contributed by atoms with Gasteiger partial charge in [0.25, 0.3) is 0 Å². The van der Waals surface area contributed by atoms with E-state index in [0.29, 0.717) is 39.5 Å². The minimum atomic E-state index is -0.455. The molecule has 0 saturated carbocycles. The van der Waals surface area contributed by atoms with Crippen molar-refractivity contribution < 1.29 is 14.2 Å². The van der Waals surface area contributed by atoms with Crippen molar-refractivity contribution in [2.45, 2.75) is 32.5 Å². The molecule has 3 nitrogen and oxygen atoms in total. The third-order valence-corrected chi connectivity index (χ3v) is 3.04. The van der Waals surface area contributed by atoms with Gasteiger partial charge in [0.15, 0.2) is 0 Å². The molecule has 0 bridgehead atoms. The number of hydrogen-bond acceptors (Lipinski definition) is 3. The van der Waals surface area contributed by atoms with Gasteiger partial charge < -0.3 is 14.2 Å². The van der Waals surface area contributed by atoms with Gasteiger partial charge >= 0.3 is 0 Å². The summed E-state index contributed by atoms with van der Waals surface area (Å²) in [6, 6.07) is 10.1. The Balaban J connectivity index is 2.69. The average Bonchev–Trinajstić information content (AvgIpc) is 2.50. The third kappa shape index (κ3) is 5.87. The Labute approximate surface area is 122 Å². The van der Waals surface area contributed by atoms with Gasteiger partial charge in [-0.2, -0.15) is 0 Å². The molecule has 1 rings (SSSR count). The summed E-state index contributed by atoms with van der Waals surface area (Å²) in [5.41, 5.74) is 0.692. The zero-order valence-corrected chi connectivity index (χ0v) is 12.6. The normalized spacial score (nSPS) is 11.5. The van der Waals surface area contributed by atoms with Gasteiger partial charge in [0.1, 0.15) is 5.60 Å². The van der Waals surface area contributed by atoms with Crippen LogP contribution in [0.2, 0.25) is 0 Å². The predicted molar refractivity (Wildman–Crippen MR) is 81.8 cm³/mol. The highest BCUT2D eigenvalue weighted by Gasteiger charge is 2.30. The van der Waals surface area contributed by atoms with Crippen LogP contribution in [-0.4, -0.2) is 32.0 Å². The maximum Gasteiger partial charge on any atom is 0.118 e. The molecule has 20 heavy (non-hydrogen) atoms. The maximum atomic E-state index is 6.14. The molecule has 0 unspecified atom stereocenters. The summed E-state index contributed by atoms with van der Waals surface area (Å²) in [4.78, 5) is 0. The van der Waals surface area contributed by atoms with Crippen molar-refractivity contribution in [2.75, 3.05) is 26.4 Å². The highest BCUT2D eigenvalue weighted by atomic mass is 16.6. The predicted octanol–water partition coefficient (Wildman–Crippen LogP) is 3.59. The van der Waals surface area contributed by atoms with Crippen molar-refractivity contribution in [1.82, 2.24) is 0 Å². The van der Waals surface area contributed by atoms with Gasteiger partial charge in [-0.3, -0.25) is 0 Å². The van der Waals surface area contributed by atoms with Crippen molar-refractivity contribution in [3.05, 3.63) is 48.6 Å². The molecule has 0 N–H and O–H groups in total. The Morgan fingerprint density at radius 3 is 2.15 bits per heavy atom. The molecule has 0 heterocycles. The van der Waals surface area contributed by atoms with Crippen molar-refractivity contribution in [1.29, 1.82) is 0 Å². The van der Waals surface area contributed by atoms with Crippen molar-refractivity contribution in [2.24, 2.45) is 0 Å². The van der Waals surface area contributed by atoms with Gasteiger partial charge in [-0.1, -0.05) is 36.4 Å². The molecule has 0 amide bonds. The van der Waals surface area contributed by atoms with Crippen molar-refractivity contribution in [3.8, 4) is 0 Å². The largest absolute Gasteiger partial charge is 0.379 e. The molecule has 0 atom stereocenters. The summed E-state index contributed by atoms with van der Waals surface area (Å²) in [5, 5.41) is 0. The van der Waals surface area contributed by atoms with E-state index in [2.05, 4.69) is 18.7 Å². The number of benzene rings is 1. The second kappa shape index (κ2) is 9.70. The molecular formula is C17H26O3.